The number of ether oxygens (including phenoxy) is 3. The highest BCUT2D eigenvalue weighted by Gasteiger charge is 2.36. The van der Waals surface area contributed by atoms with Crippen molar-refractivity contribution < 1.29 is 23.8 Å². The lowest BCUT2D eigenvalue weighted by Crippen LogP contribution is -2.51. The number of nitrogens with two attached hydrogens (primary N) is 1. The first-order chi connectivity index (χ1) is 12.0. The van der Waals surface area contributed by atoms with E-state index in [-0.39, 0.29) is 12.2 Å². The molecule has 4 N–H and O–H groups in total. The maximum absolute atomic E-state index is 11.9. The minimum absolute atomic E-state index is 0.180. The number of primary amides is 1. The lowest BCUT2D eigenvalue weighted by molar-refractivity contribution is -0.121. The number of imide groups is 1. The van der Waals surface area contributed by atoms with Crippen LogP contribution in [-0.2, 0) is 14.9 Å². The van der Waals surface area contributed by atoms with Crippen LogP contribution in [0.25, 0.3) is 0 Å². The molecule has 0 aromatic heterocycles. The molecule has 0 radical (unpaired) electrons. The van der Waals surface area contributed by atoms with E-state index in [1.807, 2.05) is 18.2 Å². The van der Waals surface area contributed by atoms with Gasteiger partial charge in [0.2, 0.25) is 12.7 Å². The summed E-state index contributed by atoms with van der Waals surface area (Å²) in [6.07, 6.45) is 1.65. The molecule has 2 aliphatic rings. The first kappa shape index (κ1) is 17.5. The zero-order valence-electron chi connectivity index (χ0n) is 14.2. The number of nitrogens with one attached hydrogen (secondary N) is 2. The zero-order chi connectivity index (χ0) is 17.9. The van der Waals surface area contributed by atoms with Crippen molar-refractivity contribution >= 4 is 11.9 Å². The molecule has 8 heteroatoms. The molecule has 0 saturated carbocycles. The van der Waals surface area contributed by atoms with Gasteiger partial charge in [-0.05, 0) is 37.5 Å². The van der Waals surface area contributed by atoms with E-state index in [4.69, 9.17) is 19.9 Å². The normalized spacial score (nSPS) is 19.2. The third-order valence-corrected chi connectivity index (χ3v) is 4.82. The first-order valence-corrected chi connectivity index (χ1v) is 8.32. The quantitative estimate of drug-likeness (QED) is 0.719. The number of carbonyl (C=O) groups excluding carboxylic acids is 2. The predicted octanol–water partition coefficient (Wildman–Crippen LogP) is 0.637. The molecule has 0 bridgehead atoms. The highest BCUT2D eigenvalue weighted by molar-refractivity contribution is 5.96. The number of hydrogen-bond acceptors (Lipinski definition) is 6. The SMILES string of the molecule is CC(NCC1(c2ccc3c(c2)OCO3)CCOCC1)C(=O)NC(N)=O. The summed E-state index contributed by atoms with van der Waals surface area (Å²) in [7, 11) is 0. The largest absolute Gasteiger partial charge is 0.454 e. The van der Waals surface area contributed by atoms with Crippen LogP contribution in [0.4, 0.5) is 4.79 Å². The summed E-state index contributed by atoms with van der Waals surface area (Å²) < 4.78 is 16.4. The molecule has 8 nitrogen and oxygen atoms in total. The van der Waals surface area contributed by atoms with Crippen molar-refractivity contribution in [1.29, 1.82) is 0 Å². The molecule has 2 aliphatic heterocycles. The fourth-order valence-corrected chi connectivity index (χ4v) is 3.23. The minimum atomic E-state index is -0.852. The highest BCUT2D eigenvalue weighted by atomic mass is 16.7. The number of benzene rings is 1. The van der Waals surface area contributed by atoms with Crippen molar-refractivity contribution in [2.75, 3.05) is 26.6 Å². The van der Waals surface area contributed by atoms with Crippen molar-refractivity contribution in [3.05, 3.63) is 23.8 Å². The van der Waals surface area contributed by atoms with Crippen molar-refractivity contribution in [1.82, 2.24) is 10.6 Å². The van der Waals surface area contributed by atoms with Gasteiger partial charge in [-0.2, -0.15) is 0 Å². The molecule has 1 aromatic carbocycles. The van der Waals surface area contributed by atoms with Crippen molar-refractivity contribution in [2.45, 2.75) is 31.2 Å². The Morgan fingerprint density at radius 1 is 1.24 bits per heavy atom. The maximum atomic E-state index is 11.9. The molecule has 1 atom stereocenters. The van der Waals surface area contributed by atoms with Gasteiger partial charge < -0.3 is 25.3 Å². The molecule has 0 aliphatic carbocycles. The molecule has 25 heavy (non-hydrogen) atoms. The molecule has 0 spiro atoms. The smallest absolute Gasteiger partial charge is 0.318 e. The number of rotatable bonds is 5. The van der Waals surface area contributed by atoms with Crippen LogP contribution < -0.4 is 25.8 Å². The summed E-state index contributed by atoms with van der Waals surface area (Å²) in [5, 5.41) is 5.31. The van der Waals surface area contributed by atoms with Gasteiger partial charge >= 0.3 is 6.03 Å². The molecule has 3 rings (SSSR count). The Hall–Kier alpha value is -2.32. The van der Waals surface area contributed by atoms with Crippen LogP contribution in [0.1, 0.15) is 25.3 Å². The molecule has 1 saturated heterocycles. The van der Waals surface area contributed by atoms with Crippen LogP contribution in [0, 0.1) is 0 Å². The standard InChI is InChI=1S/C17H23N3O5/c1-11(15(21)20-16(18)22)19-9-17(4-6-23-7-5-17)12-2-3-13-14(8-12)25-10-24-13/h2-3,8,11,19H,4-7,9-10H2,1H3,(H3,18,20,21,22). The van der Waals surface area contributed by atoms with E-state index in [1.54, 1.807) is 6.92 Å². The van der Waals surface area contributed by atoms with E-state index in [0.29, 0.717) is 19.8 Å². The average molecular weight is 349 g/mol. The number of amides is 3. The van der Waals surface area contributed by atoms with Gasteiger partial charge in [0.15, 0.2) is 11.5 Å². The van der Waals surface area contributed by atoms with Gasteiger partial charge in [0.05, 0.1) is 6.04 Å². The fourth-order valence-electron chi connectivity index (χ4n) is 3.23. The average Bonchev–Trinajstić information content (AvgIpc) is 3.07. The van der Waals surface area contributed by atoms with Crippen molar-refractivity contribution in [2.24, 2.45) is 5.73 Å². The van der Waals surface area contributed by atoms with Crippen molar-refractivity contribution in [3.8, 4) is 11.5 Å². The summed E-state index contributed by atoms with van der Waals surface area (Å²) in [5.74, 6) is 1.04. The van der Waals surface area contributed by atoms with Crippen LogP contribution in [0.5, 0.6) is 11.5 Å². The molecule has 1 unspecified atom stereocenters. The Balaban J connectivity index is 1.75. The lowest BCUT2D eigenvalue weighted by Gasteiger charge is -2.38. The molecular formula is C17H23N3O5. The van der Waals surface area contributed by atoms with Crippen LogP contribution >= 0.6 is 0 Å². The second kappa shape index (κ2) is 7.28. The summed E-state index contributed by atoms with van der Waals surface area (Å²) in [6.45, 7) is 3.81. The van der Waals surface area contributed by atoms with E-state index >= 15 is 0 Å². The molecule has 3 amide bonds. The summed E-state index contributed by atoms with van der Waals surface area (Å²) in [5.41, 5.74) is 5.94. The topological polar surface area (TPSA) is 112 Å². The molecular weight excluding hydrogens is 326 g/mol. The Bertz CT molecular complexity index is 658. The molecule has 1 aromatic rings. The summed E-state index contributed by atoms with van der Waals surface area (Å²) in [4.78, 5) is 22.7. The lowest BCUT2D eigenvalue weighted by atomic mass is 9.74. The number of fused-ring (bicyclic) bond motifs is 1. The van der Waals surface area contributed by atoms with Gasteiger partial charge in [-0.1, -0.05) is 6.07 Å². The third kappa shape index (κ3) is 3.85. The number of hydrogen-bond donors (Lipinski definition) is 3. The van der Waals surface area contributed by atoms with Crippen molar-refractivity contribution in [3.63, 3.8) is 0 Å². The predicted molar refractivity (Wildman–Crippen MR) is 89.5 cm³/mol. The first-order valence-electron chi connectivity index (χ1n) is 8.32. The van der Waals surface area contributed by atoms with Gasteiger partial charge in [0.1, 0.15) is 0 Å². The number of urea groups is 1. The van der Waals surface area contributed by atoms with Gasteiger partial charge in [0, 0.05) is 25.2 Å². The van der Waals surface area contributed by atoms with E-state index in [2.05, 4.69) is 10.6 Å². The van der Waals surface area contributed by atoms with Crippen LogP contribution in [0.2, 0.25) is 0 Å². The van der Waals surface area contributed by atoms with Gasteiger partial charge in [-0.3, -0.25) is 10.1 Å². The van der Waals surface area contributed by atoms with E-state index in [1.165, 1.54) is 0 Å². The Labute approximate surface area is 146 Å². The van der Waals surface area contributed by atoms with E-state index in [0.717, 1.165) is 29.9 Å². The summed E-state index contributed by atoms with van der Waals surface area (Å²) in [6, 6.07) is 4.56. The highest BCUT2D eigenvalue weighted by Crippen LogP contribution is 2.40. The van der Waals surface area contributed by atoms with Crippen LogP contribution in [0.15, 0.2) is 18.2 Å². The van der Waals surface area contributed by atoms with Crippen LogP contribution in [-0.4, -0.2) is 44.5 Å². The monoisotopic (exact) mass is 349 g/mol. The molecule has 1 fully saturated rings. The third-order valence-electron chi connectivity index (χ3n) is 4.82. The second-order valence-corrected chi connectivity index (χ2v) is 6.42. The Morgan fingerprint density at radius 2 is 1.96 bits per heavy atom. The molecule has 2 heterocycles. The van der Waals surface area contributed by atoms with E-state index < -0.39 is 18.0 Å². The Kier molecular flexibility index (Phi) is 5.10. The van der Waals surface area contributed by atoms with Gasteiger partial charge in [-0.25, -0.2) is 4.79 Å². The van der Waals surface area contributed by atoms with Crippen LogP contribution in [0.3, 0.4) is 0 Å². The Morgan fingerprint density at radius 3 is 2.68 bits per heavy atom. The maximum Gasteiger partial charge on any atom is 0.318 e. The molecule has 136 valence electrons. The fraction of sp³-hybridized carbons (Fsp3) is 0.529. The second-order valence-electron chi connectivity index (χ2n) is 6.42. The van der Waals surface area contributed by atoms with Gasteiger partial charge in [-0.15, -0.1) is 0 Å². The number of carbonyl (C=O) groups is 2. The van der Waals surface area contributed by atoms with Gasteiger partial charge in [0.25, 0.3) is 0 Å². The van der Waals surface area contributed by atoms with E-state index in [9.17, 15) is 9.59 Å². The summed E-state index contributed by atoms with van der Waals surface area (Å²) >= 11 is 0. The zero-order valence-corrected chi connectivity index (χ0v) is 14.2. The minimum Gasteiger partial charge on any atom is -0.454 e.